The highest BCUT2D eigenvalue weighted by molar-refractivity contribution is 5.75. The molecule has 112 valence electrons. The van der Waals surface area contributed by atoms with Crippen LogP contribution in [-0.4, -0.2) is 60.1 Å². The van der Waals surface area contributed by atoms with Crippen LogP contribution < -0.4 is 0 Å². The van der Waals surface area contributed by atoms with Crippen molar-refractivity contribution in [1.29, 1.82) is 0 Å². The minimum absolute atomic E-state index is 0.107. The van der Waals surface area contributed by atoms with Crippen LogP contribution >= 0.6 is 0 Å². The van der Waals surface area contributed by atoms with Crippen LogP contribution in [0.25, 0.3) is 0 Å². The van der Waals surface area contributed by atoms with E-state index in [-0.39, 0.29) is 12.0 Å². The number of esters is 1. The maximum absolute atomic E-state index is 12.0. The van der Waals surface area contributed by atoms with E-state index >= 15 is 0 Å². The maximum Gasteiger partial charge on any atom is 0.323 e. The lowest BCUT2D eigenvalue weighted by atomic mass is 10.1. The lowest BCUT2D eigenvalue weighted by molar-refractivity contribution is -0.161. The molecule has 0 aromatic rings. The number of ether oxygens (including phenoxy) is 1. The fourth-order valence-electron chi connectivity index (χ4n) is 2.39. The summed E-state index contributed by atoms with van der Waals surface area (Å²) in [4.78, 5) is 16.7. The summed E-state index contributed by atoms with van der Waals surface area (Å²) in [5.41, 5.74) is -0.398. The quantitative estimate of drug-likeness (QED) is 0.731. The molecule has 1 atom stereocenters. The molecule has 19 heavy (non-hydrogen) atoms. The molecule has 1 fully saturated rings. The van der Waals surface area contributed by atoms with E-state index < -0.39 is 5.60 Å². The third-order valence-electron chi connectivity index (χ3n) is 3.33. The van der Waals surface area contributed by atoms with Crippen molar-refractivity contribution in [3.05, 3.63) is 0 Å². The summed E-state index contributed by atoms with van der Waals surface area (Å²) in [5, 5.41) is 0. The molecular weight excluding hydrogens is 240 g/mol. The first-order valence-corrected chi connectivity index (χ1v) is 7.38. The highest BCUT2D eigenvalue weighted by atomic mass is 16.6. The average molecular weight is 270 g/mol. The fraction of sp³-hybridized carbons (Fsp3) is 0.933. The monoisotopic (exact) mass is 270 g/mol. The minimum atomic E-state index is -0.398. The molecule has 0 N–H and O–H groups in total. The van der Waals surface area contributed by atoms with Crippen molar-refractivity contribution in [2.75, 3.05) is 32.7 Å². The Morgan fingerprint density at radius 2 is 1.63 bits per heavy atom. The number of carbonyl (C=O) groups excluding carboxylic acids is 1. The maximum atomic E-state index is 12.0. The Morgan fingerprint density at radius 1 is 1.11 bits per heavy atom. The van der Waals surface area contributed by atoms with Gasteiger partial charge < -0.3 is 9.64 Å². The largest absolute Gasteiger partial charge is 0.459 e. The van der Waals surface area contributed by atoms with E-state index in [4.69, 9.17) is 4.74 Å². The normalized spacial score (nSPS) is 20.6. The van der Waals surface area contributed by atoms with Crippen LogP contribution in [0, 0.1) is 5.92 Å². The Kier molecular flexibility index (Phi) is 5.81. The highest BCUT2D eigenvalue weighted by Crippen LogP contribution is 2.13. The van der Waals surface area contributed by atoms with Gasteiger partial charge in [0.25, 0.3) is 0 Å². The van der Waals surface area contributed by atoms with Crippen LogP contribution in [0.2, 0.25) is 0 Å². The second kappa shape index (κ2) is 6.71. The van der Waals surface area contributed by atoms with Crippen LogP contribution in [0.15, 0.2) is 0 Å². The van der Waals surface area contributed by atoms with Crippen LogP contribution in [0.1, 0.15) is 41.5 Å². The molecule has 0 amide bonds. The summed E-state index contributed by atoms with van der Waals surface area (Å²) in [6.45, 7) is 17.3. The molecule has 1 saturated heterocycles. The van der Waals surface area contributed by atoms with Gasteiger partial charge in [-0.25, -0.2) is 0 Å². The van der Waals surface area contributed by atoms with E-state index in [1.165, 1.54) is 0 Å². The molecule has 0 saturated carbocycles. The lowest BCUT2D eigenvalue weighted by Gasteiger charge is -2.38. The number of piperazine rings is 1. The van der Waals surface area contributed by atoms with Gasteiger partial charge in [0, 0.05) is 32.7 Å². The Morgan fingerprint density at radius 3 is 2.05 bits per heavy atom. The summed E-state index contributed by atoms with van der Waals surface area (Å²) in [7, 11) is 0. The molecule has 1 unspecified atom stereocenters. The molecule has 0 aromatic heterocycles. The summed E-state index contributed by atoms with van der Waals surface area (Å²) < 4.78 is 5.45. The van der Waals surface area contributed by atoms with Gasteiger partial charge in [-0.2, -0.15) is 0 Å². The van der Waals surface area contributed by atoms with Crippen molar-refractivity contribution < 1.29 is 9.53 Å². The summed E-state index contributed by atoms with van der Waals surface area (Å²) in [6.07, 6.45) is 0. The SMILES string of the molecule is CC(C)CN1CCN(C(C)C(=O)OC(C)(C)C)CC1. The molecule has 4 heteroatoms. The minimum Gasteiger partial charge on any atom is -0.459 e. The first kappa shape index (κ1) is 16.4. The predicted molar refractivity (Wildman–Crippen MR) is 78.2 cm³/mol. The van der Waals surface area contributed by atoms with Crippen molar-refractivity contribution in [3.8, 4) is 0 Å². The lowest BCUT2D eigenvalue weighted by Crippen LogP contribution is -2.53. The first-order valence-electron chi connectivity index (χ1n) is 7.38. The molecule has 1 rings (SSSR count). The van der Waals surface area contributed by atoms with Crippen LogP contribution in [-0.2, 0) is 9.53 Å². The molecule has 4 nitrogen and oxygen atoms in total. The first-order chi connectivity index (χ1) is 8.69. The van der Waals surface area contributed by atoms with E-state index in [0.29, 0.717) is 5.92 Å². The topological polar surface area (TPSA) is 32.8 Å². The van der Waals surface area contributed by atoms with Gasteiger partial charge >= 0.3 is 5.97 Å². The fourth-order valence-corrected chi connectivity index (χ4v) is 2.39. The van der Waals surface area contributed by atoms with Crippen LogP contribution in [0.4, 0.5) is 0 Å². The average Bonchev–Trinajstić information content (AvgIpc) is 2.26. The number of hydrogen-bond acceptors (Lipinski definition) is 4. The van der Waals surface area contributed by atoms with E-state index in [1.54, 1.807) is 0 Å². The van der Waals surface area contributed by atoms with Crippen LogP contribution in [0.5, 0.6) is 0 Å². The molecule has 1 aliphatic rings. The van der Waals surface area contributed by atoms with E-state index in [1.807, 2.05) is 27.7 Å². The van der Waals surface area contributed by atoms with Gasteiger partial charge in [-0.1, -0.05) is 13.8 Å². The molecule has 1 aliphatic heterocycles. The van der Waals surface area contributed by atoms with E-state index in [9.17, 15) is 4.79 Å². The zero-order chi connectivity index (χ0) is 14.6. The highest BCUT2D eigenvalue weighted by Gasteiger charge is 2.29. The molecule has 0 bridgehead atoms. The van der Waals surface area contributed by atoms with Crippen molar-refractivity contribution in [2.45, 2.75) is 53.2 Å². The second-order valence-electron chi connectivity index (χ2n) is 6.94. The van der Waals surface area contributed by atoms with Gasteiger partial charge in [-0.15, -0.1) is 0 Å². The van der Waals surface area contributed by atoms with Crippen molar-refractivity contribution in [1.82, 2.24) is 9.80 Å². The Hall–Kier alpha value is -0.610. The summed E-state index contributed by atoms with van der Waals surface area (Å²) in [6, 6.07) is -0.138. The molecule has 1 heterocycles. The number of hydrogen-bond donors (Lipinski definition) is 0. The van der Waals surface area contributed by atoms with E-state index in [0.717, 1.165) is 32.7 Å². The third kappa shape index (κ3) is 5.91. The second-order valence-corrected chi connectivity index (χ2v) is 6.94. The molecule has 0 radical (unpaired) electrons. The third-order valence-corrected chi connectivity index (χ3v) is 3.33. The number of nitrogens with zero attached hydrogens (tertiary/aromatic N) is 2. The van der Waals surface area contributed by atoms with Gasteiger partial charge in [0.1, 0.15) is 11.6 Å². The predicted octanol–water partition coefficient (Wildman–Crippen LogP) is 1.99. The smallest absolute Gasteiger partial charge is 0.323 e. The number of carbonyl (C=O) groups is 1. The number of rotatable bonds is 4. The zero-order valence-corrected chi connectivity index (χ0v) is 13.4. The van der Waals surface area contributed by atoms with Gasteiger partial charge in [-0.05, 0) is 33.6 Å². The molecule has 0 aromatic carbocycles. The van der Waals surface area contributed by atoms with Crippen LogP contribution in [0.3, 0.4) is 0 Å². The summed E-state index contributed by atoms with van der Waals surface area (Å²) >= 11 is 0. The van der Waals surface area contributed by atoms with E-state index in [2.05, 4.69) is 23.6 Å². The Bertz CT molecular complexity index is 289. The van der Waals surface area contributed by atoms with Gasteiger partial charge in [0.2, 0.25) is 0 Å². The molecule has 0 spiro atoms. The molecular formula is C15H30N2O2. The molecule has 0 aliphatic carbocycles. The Balaban J connectivity index is 2.40. The van der Waals surface area contributed by atoms with Gasteiger partial charge in [0.05, 0.1) is 0 Å². The van der Waals surface area contributed by atoms with Crippen molar-refractivity contribution >= 4 is 5.97 Å². The zero-order valence-electron chi connectivity index (χ0n) is 13.4. The van der Waals surface area contributed by atoms with Gasteiger partial charge in [-0.3, -0.25) is 9.69 Å². The van der Waals surface area contributed by atoms with Gasteiger partial charge in [0.15, 0.2) is 0 Å². The Labute approximate surface area is 118 Å². The standard InChI is InChI=1S/C15H30N2O2/c1-12(2)11-16-7-9-17(10-8-16)13(3)14(18)19-15(4,5)6/h12-13H,7-11H2,1-6H3. The van der Waals surface area contributed by atoms with Crippen molar-refractivity contribution in [3.63, 3.8) is 0 Å². The van der Waals surface area contributed by atoms with Crippen molar-refractivity contribution in [2.24, 2.45) is 5.92 Å². The summed E-state index contributed by atoms with van der Waals surface area (Å²) in [5.74, 6) is 0.597.